The molecule has 0 aliphatic heterocycles. The fraction of sp³-hybridized carbons (Fsp3) is 0.945. The third-order valence-electron chi connectivity index (χ3n) is 27.9. The van der Waals surface area contributed by atoms with Gasteiger partial charge in [0.2, 0.25) is 17.7 Å². The van der Waals surface area contributed by atoms with Gasteiger partial charge in [0.25, 0.3) is 0 Å². The fourth-order valence-electron chi connectivity index (χ4n) is 19.3. The molecule has 12 nitrogen and oxygen atoms in total. The van der Waals surface area contributed by atoms with Crippen LogP contribution in [0.1, 0.15) is 498 Å². The lowest BCUT2D eigenvalue weighted by Gasteiger charge is -2.62. The Kier molecular flexibility index (Phi) is 90.6. The Labute approximate surface area is 759 Å². The van der Waals surface area contributed by atoms with Crippen LogP contribution in [0.15, 0.2) is 0 Å². The number of aliphatic carboxylic acids is 1. The zero-order chi connectivity index (χ0) is 94.8. The highest BCUT2D eigenvalue weighted by Gasteiger charge is 2.55. The summed E-state index contributed by atoms with van der Waals surface area (Å²) in [6.07, 6.45) is 53.7. The van der Waals surface area contributed by atoms with Gasteiger partial charge in [-0.15, -0.1) is 0 Å². The maximum absolute atomic E-state index is 11.2. The van der Waals surface area contributed by atoms with Gasteiger partial charge in [-0.05, 0) is 292 Å². The van der Waals surface area contributed by atoms with Crippen molar-refractivity contribution in [3.8, 4) is 0 Å². The molecule has 0 radical (unpaired) electrons. The van der Waals surface area contributed by atoms with Gasteiger partial charge in [-0.2, -0.15) is 0 Å². The topological polar surface area (TPSA) is 177 Å². The minimum atomic E-state index is -0.605. The van der Waals surface area contributed by atoms with Crippen molar-refractivity contribution in [2.24, 2.45) is 135 Å². The maximum Gasteiger partial charge on any atom is 0.308 e. The van der Waals surface area contributed by atoms with E-state index in [-0.39, 0.29) is 47.4 Å². The van der Waals surface area contributed by atoms with Crippen molar-refractivity contribution in [2.45, 2.75) is 498 Å². The van der Waals surface area contributed by atoms with E-state index in [2.05, 4.69) is 129 Å². The van der Waals surface area contributed by atoms with Gasteiger partial charge in [-0.1, -0.05) is 306 Å². The number of nitrogens with one attached hydrogen (secondary N) is 3. The van der Waals surface area contributed by atoms with Gasteiger partial charge in [0.15, 0.2) is 0 Å². The van der Waals surface area contributed by atoms with Crippen molar-refractivity contribution in [3.05, 3.63) is 0 Å². The lowest BCUT2D eigenvalue weighted by atomic mass is 9.43. The molecule has 4 N–H and O–H groups in total. The summed E-state index contributed by atoms with van der Waals surface area (Å²) in [6, 6.07) is 0. The van der Waals surface area contributed by atoms with E-state index in [4.69, 9.17) is 5.11 Å². The lowest BCUT2D eigenvalue weighted by Crippen LogP contribution is -2.51. The average molecular weight is 1720 g/mol. The first kappa shape index (κ1) is 131. The molecule has 13 rings (SSSR count). The second-order valence-corrected chi connectivity index (χ2v) is 38.5. The van der Waals surface area contributed by atoms with E-state index >= 15 is 0 Å². The zero-order valence-electron chi connectivity index (χ0n) is 89.0. The molecule has 0 aromatic rings. The van der Waals surface area contributed by atoms with Crippen molar-refractivity contribution in [3.63, 3.8) is 0 Å². The Morgan fingerprint density at radius 1 is 0.248 bits per heavy atom. The maximum atomic E-state index is 11.2. The number of ether oxygens (including phenoxy) is 2. The van der Waals surface area contributed by atoms with Gasteiger partial charge in [0.05, 0.1) is 32.0 Å². The van der Waals surface area contributed by atoms with E-state index < -0.39 is 5.97 Å². The summed E-state index contributed by atoms with van der Waals surface area (Å²) in [5, 5.41) is 16.8. The summed E-state index contributed by atoms with van der Waals surface area (Å²) in [5.41, 5.74) is 1.30. The Morgan fingerprint density at radius 3 is 0.504 bits per heavy atom. The Morgan fingerprint density at radius 2 is 0.380 bits per heavy atom. The van der Waals surface area contributed by atoms with Crippen molar-refractivity contribution in [1.29, 1.82) is 0 Å². The average Bonchev–Trinajstić information content (AvgIpc) is 0.730. The second kappa shape index (κ2) is 83.7. The summed E-state index contributed by atoms with van der Waals surface area (Å²) in [4.78, 5) is 66.1. The summed E-state index contributed by atoms with van der Waals surface area (Å²) >= 11 is 0. The minimum absolute atomic E-state index is 0.0168. The number of methoxy groups -OCH3 is 2. The van der Waals surface area contributed by atoms with Crippen LogP contribution >= 0.6 is 0 Å². The van der Waals surface area contributed by atoms with Gasteiger partial charge in [0, 0.05) is 38.9 Å². The molecular weight excluding hydrogens is 1500 g/mol. The van der Waals surface area contributed by atoms with E-state index in [1.165, 1.54) is 155 Å². The van der Waals surface area contributed by atoms with Gasteiger partial charge >= 0.3 is 17.9 Å². The number of hydrogen-bond acceptors (Lipinski definition) is 8. The molecule has 13 aliphatic carbocycles. The van der Waals surface area contributed by atoms with E-state index in [1.807, 2.05) is 125 Å². The van der Waals surface area contributed by atoms with Crippen LogP contribution in [0.4, 0.5) is 0 Å². The highest BCUT2D eigenvalue weighted by Crippen LogP contribution is 2.66. The quantitative estimate of drug-likeness (QED) is 0.189. The highest BCUT2D eigenvalue weighted by molar-refractivity contribution is 5.79. The number of hydrogen-bond donors (Lipinski definition) is 4. The van der Waals surface area contributed by atoms with Crippen molar-refractivity contribution < 1.29 is 43.3 Å². The Balaban J connectivity index is -0.000000234. The van der Waals surface area contributed by atoms with Crippen LogP contribution < -0.4 is 16.0 Å². The second-order valence-electron chi connectivity index (χ2n) is 38.5. The SMILES string of the molecule is CC.CC.CC.CC.CC.CC.CC.CC.CC.CC(C)(C)C12CC3CC(CC(C3)C1)C2.CC1CCC(C(=O)O)CC1.CC1CCC(C)CC1.CC1CCC(C)CC1.CC1CCC(C)CC1.CNC(=O)C1CCC(C)CC1.CNC(=O)C1CCC(C)CC1.CNC(=O)C1CCC(C)CC1.COC(=O)C1CCC(C)CC1.COC(=O)C1CCC(C)CC1. The third-order valence-corrected chi connectivity index (χ3v) is 27.9. The molecule has 12 heteroatoms. The van der Waals surface area contributed by atoms with Crippen LogP contribution in [-0.2, 0) is 38.2 Å². The summed E-state index contributed by atoms with van der Waals surface area (Å²) in [7, 11) is 8.11. The molecule has 3 amide bonds. The first-order chi connectivity index (χ1) is 57.7. The standard InChI is InChI=1S/C14H24.3C9H17NO.2C9H16O2.C8H14O2.3C8H16.9C2H6/c1-13(2,3)14-7-10-4-11(8-14)6-12(5-10)9-14;3*1-7-3-5-8(6-4-7)9(11)10-2;2*1-7-3-5-8(6-4-7)9(10)11-2;1-6-2-4-7(5-3-6)8(9)10;3*1-7-3-5-8(2)6-4-7;9*1-2/h10-12H,4-9H2,1-3H3;3*7-8H,3-6H2,1-2H3,(H,10,11);2*7-8H,3-6H2,1-2H3;6-7H,2-5H2,1H3,(H,9,10);3*7-8H,3-6H2,1-2H3;9*1-2H3. The van der Waals surface area contributed by atoms with Gasteiger partial charge < -0.3 is 30.5 Å². The molecule has 4 bridgehead atoms. The van der Waals surface area contributed by atoms with Crippen molar-refractivity contribution in [1.82, 2.24) is 16.0 Å². The molecule has 0 unspecified atom stereocenters. The predicted octanol–water partition coefficient (Wildman–Crippen LogP) is 32.5. The zero-order valence-corrected chi connectivity index (χ0v) is 89.0. The number of carboxylic acids is 1. The Hall–Kier alpha value is -3.18. The summed E-state index contributed by atoms with van der Waals surface area (Å²) < 4.78 is 9.37. The number of carbonyl (C=O) groups is 6. The van der Waals surface area contributed by atoms with E-state index in [0.29, 0.717) is 23.2 Å². The van der Waals surface area contributed by atoms with Crippen LogP contribution in [0.2, 0.25) is 0 Å². The van der Waals surface area contributed by atoms with Crippen LogP contribution in [0.25, 0.3) is 0 Å². The number of amides is 3. The number of carboxylic acid groups (broad SMARTS) is 1. The molecule has 0 atom stereocenters. The van der Waals surface area contributed by atoms with E-state index in [1.54, 1.807) is 59.7 Å². The molecule has 121 heavy (non-hydrogen) atoms. The van der Waals surface area contributed by atoms with Crippen molar-refractivity contribution in [2.75, 3.05) is 35.4 Å². The largest absolute Gasteiger partial charge is 0.481 e. The molecule has 13 fully saturated rings. The number of esters is 2. The van der Waals surface area contributed by atoms with Gasteiger partial charge in [-0.3, -0.25) is 28.8 Å². The van der Waals surface area contributed by atoms with E-state index in [0.717, 1.165) is 184 Å². The third kappa shape index (κ3) is 62.6. The van der Waals surface area contributed by atoms with E-state index in [9.17, 15) is 28.8 Å². The van der Waals surface area contributed by atoms with Crippen LogP contribution in [0.3, 0.4) is 0 Å². The molecule has 0 saturated heterocycles. The van der Waals surface area contributed by atoms with Crippen molar-refractivity contribution >= 4 is 35.6 Å². The smallest absolute Gasteiger partial charge is 0.308 e. The molecule has 0 aromatic heterocycles. The van der Waals surface area contributed by atoms with Gasteiger partial charge in [-0.25, -0.2) is 0 Å². The van der Waals surface area contributed by atoms with Crippen LogP contribution in [-0.4, -0.2) is 76.1 Å². The molecule has 0 aromatic carbocycles. The Bertz CT molecular complexity index is 1950. The first-order valence-electron chi connectivity index (χ1n) is 52.8. The lowest BCUT2D eigenvalue weighted by molar-refractivity contribution is -0.147. The normalized spacial score (nSPS) is 31.3. The minimum Gasteiger partial charge on any atom is -0.481 e. The molecular formula is C109H223N3O9. The monoisotopic (exact) mass is 1720 g/mol. The summed E-state index contributed by atoms with van der Waals surface area (Å²) in [6.45, 7) is 71.1. The summed E-state index contributed by atoms with van der Waals surface area (Å²) in [5.74, 6) is 15.6. The molecule has 0 spiro atoms. The number of rotatable bonds is 6. The molecule has 0 heterocycles. The van der Waals surface area contributed by atoms with Gasteiger partial charge in [0.1, 0.15) is 0 Å². The molecule has 13 aliphatic rings. The predicted molar refractivity (Wildman–Crippen MR) is 533 cm³/mol. The van der Waals surface area contributed by atoms with Crippen LogP contribution in [0, 0.1) is 135 Å². The first-order valence-corrected chi connectivity index (χ1v) is 52.8. The molecule has 13 saturated carbocycles. The van der Waals surface area contributed by atoms with Crippen LogP contribution in [0.5, 0.6) is 0 Å². The highest BCUT2D eigenvalue weighted by atomic mass is 16.5. The fourth-order valence-corrected chi connectivity index (χ4v) is 19.3. The number of carbonyl (C=O) groups excluding carboxylic acids is 5. The molecule has 728 valence electrons.